The molecule has 0 N–H and O–H groups in total. The highest BCUT2D eigenvalue weighted by Crippen LogP contribution is 2.48. The zero-order valence-corrected chi connectivity index (χ0v) is 31.3. The Labute approximate surface area is 325 Å². The summed E-state index contributed by atoms with van der Waals surface area (Å²) in [4.78, 5) is 2.46. The molecular formula is C52H31NS2. The number of benzene rings is 10. The molecule has 0 aliphatic carbocycles. The van der Waals surface area contributed by atoms with Gasteiger partial charge < -0.3 is 4.90 Å². The van der Waals surface area contributed by atoms with Crippen LogP contribution < -0.4 is 4.90 Å². The van der Waals surface area contributed by atoms with Crippen molar-refractivity contribution in [1.29, 1.82) is 0 Å². The van der Waals surface area contributed by atoms with Crippen LogP contribution in [0.2, 0.25) is 0 Å². The smallest absolute Gasteiger partial charge is 0.0640 e. The molecule has 256 valence electrons. The number of nitrogens with zero attached hydrogens (tertiary/aromatic N) is 1. The van der Waals surface area contributed by atoms with Crippen molar-refractivity contribution in [2.24, 2.45) is 0 Å². The summed E-state index contributed by atoms with van der Waals surface area (Å²) in [5.74, 6) is 0. The minimum atomic E-state index is 1.14. The highest BCUT2D eigenvalue weighted by Gasteiger charge is 2.20. The van der Waals surface area contributed by atoms with Crippen LogP contribution in [0, 0.1) is 0 Å². The molecule has 0 saturated carbocycles. The maximum atomic E-state index is 2.46. The monoisotopic (exact) mass is 733 g/mol. The number of fused-ring (bicyclic) bond motifs is 12. The fourth-order valence-corrected chi connectivity index (χ4v) is 11.3. The quantitative estimate of drug-likeness (QED) is 0.174. The summed E-state index contributed by atoms with van der Waals surface area (Å²) in [5.41, 5.74) is 6.01. The SMILES string of the molecule is c1ccc2cc(N(c3ccc4cc(-c5cccc6c5sc5ccc7ccccc7c56)ccc4c3)c3cccc4c3sc3ccc5ccccc5c34)ccc2c1. The lowest BCUT2D eigenvalue weighted by molar-refractivity contribution is 1.31. The van der Waals surface area contributed by atoms with Gasteiger partial charge in [0.15, 0.2) is 0 Å². The number of rotatable bonds is 4. The molecule has 55 heavy (non-hydrogen) atoms. The molecule has 0 fully saturated rings. The first kappa shape index (κ1) is 30.9. The van der Waals surface area contributed by atoms with Crippen LogP contribution in [0.4, 0.5) is 17.1 Å². The van der Waals surface area contributed by atoms with Crippen molar-refractivity contribution >= 4 is 123 Å². The van der Waals surface area contributed by atoms with Crippen LogP contribution >= 0.6 is 22.7 Å². The van der Waals surface area contributed by atoms with E-state index in [9.17, 15) is 0 Å². The van der Waals surface area contributed by atoms with Crippen molar-refractivity contribution in [1.82, 2.24) is 0 Å². The molecule has 2 aromatic heterocycles. The van der Waals surface area contributed by atoms with Crippen molar-refractivity contribution in [2.45, 2.75) is 0 Å². The van der Waals surface area contributed by atoms with Gasteiger partial charge in [-0.05, 0) is 103 Å². The van der Waals surface area contributed by atoms with Crippen LogP contribution in [0.1, 0.15) is 0 Å². The van der Waals surface area contributed by atoms with E-state index in [1.807, 2.05) is 22.7 Å². The molecule has 12 aromatic rings. The second kappa shape index (κ2) is 12.0. The Kier molecular flexibility index (Phi) is 6.74. The van der Waals surface area contributed by atoms with Gasteiger partial charge >= 0.3 is 0 Å². The van der Waals surface area contributed by atoms with Crippen LogP contribution in [0.3, 0.4) is 0 Å². The predicted octanol–water partition coefficient (Wildman–Crippen LogP) is 16.2. The van der Waals surface area contributed by atoms with E-state index in [1.54, 1.807) is 0 Å². The number of thiophene rings is 2. The van der Waals surface area contributed by atoms with E-state index in [0.29, 0.717) is 0 Å². The van der Waals surface area contributed by atoms with Gasteiger partial charge in [0.1, 0.15) is 0 Å². The second-order valence-corrected chi connectivity index (χ2v) is 16.6. The van der Waals surface area contributed by atoms with Crippen LogP contribution in [0.25, 0.3) is 94.6 Å². The zero-order chi connectivity index (χ0) is 36.0. The molecule has 3 heteroatoms. The molecule has 0 saturated heterocycles. The van der Waals surface area contributed by atoms with E-state index in [-0.39, 0.29) is 0 Å². The van der Waals surface area contributed by atoms with E-state index in [0.717, 1.165) is 11.4 Å². The van der Waals surface area contributed by atoms with Crippen LogP contribution in [0.5, 0.6) is 0 Å². The predicted molar refractivity (Wildman–Crippen MR) is 242 cm³/mol. The molecule has 0 aliphatic rings. The van der Waals surface area contributed by atoms with Crippen LogP contribution in [-0.4, -0.2) is 0 Å². The van der Waals surface area contributed by atoms with Gasteiger partial charge in [-0.15, -0.1) is 22.7 Å². The third-order valence-electron chi connectivity index (χ3n) is 11.4. The third kappa shape index (κ3) is 4.77. The van der Waals surface area contributed by atoms with Crippen molar-refractivity contribution in [3.05, 3.63) is 188 Å². The number of anilines is 3. The van der Waals surface area contributed by atoms with Gasteiger partial charge in [-0.25, -0.2) is 0 Å². The summed E-state index contributed by atoms with van der Waals surface area (Å²) in [6, 6.07) is 69.7. The molecule has 0 aliphatic heterocycles. The van der Waals surface area contributed by atoms with Gasteiger partial charge in [-0.3, -0.25) is 0 Å². The lowest BCUT2D eigenvalue weighted by Crippen LogP contribution is -2.10. The normalized spacial score (nSPS) is 12.0. The first-order valence-corrected chi connectivity index (χ1v) is 20.4. The summed E-state index contributed by atoms with van der Waals surface area (Å²) in [6.07, 6.45) is 0. The standard InChI is InChI=1S/C52H31NS2/c1-2-12-35-30-39(25-21-32(35)9-1)53(46-18-8-17-45-50-42-14-6-4-11-34(42)24-28-48(50)55-52(45)46)40-26-22-36-29-38(20-19-37(36)31-40)43-15-7-16-44-49-41-13-5-3-10-33(41)23-27-47(49)54-51(43)44/h1-31H. The Morgan fingerprint density at radius 2 is 0.818 bits per heavy atom. The Hall–Kier alpha value is -6.52. The Bertz CT molecular complexity index is 3510. The highest BCUT2D eigenvalue weighted by atomic mass is 32.1. The van der Waals surface area contributed by atoms with Crippen molar-refractivity contribution in [2.75, 3.05) is 4.90 Å². The second-order valence-electron chi connectivity index (χ2n) is 14.5. The van der Waals surface area contributed by atoms with Gasteiger partial charge in [-0.1, -0.05) is 140 Å². The minimum absolute atomic E-state index is 1.14. The summed E-state index contributed by atoms with van der Waals surface area (Å²) in [7, 11) is 0. The van der Waals surface area contributed by atoms with Gasteiger partial charge in [0.2, 0.25) is 0 Å². The minimum Gasteiger partial charge on any atom is -0.309 e. The lowest BCUT2D eigenvalue weighted by atomic mass is 9.98. The fraction of sp³-hybridized carbons (Fsp3) is 0. The first-order chi connectivity index (χ1) is 27.2. The summed E-state index contributed by atoms with van der Waals surface area (Å²) < 4.78 is 5.29. The zero-order valence-electron chi connectivity index (χ0n) is 29.7. The largest absolute Gasteiger partial charge is 0.309 e. The third-order valence-corrected chi connectivity index (χ3v) is 13.8. The Morgan fingerprint density at radius 3 is 1.53 bits per heavy atom. The van der Waals surface area contributed by atoms with Gasteiger partial charge in [-0.2, -0.15) is 0 Å². The van der Waals surface area contributed by atoms with E-state index in [4.69, 9.17) is 0 Å². The summed E-state index contributed by atoms with van der Waals surface area (Å²) >= 11 is 3.79. The molecule has 0 unspecified atom stereocenters. The molecule has 0 bridgehead atoms. The molecule has 0 amide bonds. The number of hydrogen-bond acceptors (Lipinski definition) is 3. The molecule has 0 atom stereocenters. The van der Waals surface area contributed by atoms with Gasteiger partial charge in [0.25, 0.3) is 0 Å². The lowest BCUT2D eigenvalue weighted by Gasteiger charge is -2.27. The van der Waals surface area contributed by atoms with Crippen molar-refractivity contribution in [3.63, 3.8) is 0 Å². The molecule has 2 heterocycles. The Morgan fingerprint density at radius 1 is 0.327 bits per heavy atom. The molecule has 10 aromatic carbocycles. The topological polar surface area (TPSA) is 3.24 Å². The van der Waals surface area contributed by atoms with Crippen LogP contribution in [0.15, 0.2) is 188 Å². The summed E-state index contributed by atoms with van der Waals surface area (Å²) in [6.45, 7) is 0. The molecule has 12 rings (SSSR count). The van der Waals surface area contributed by atoms with Crippen LogP contribution in [-0.2, 0) is 0 Å². The van der Waals surface area contributed by atoms with E-state index in [2.05, 4.69) is 193 Å². The van der Waals surface area contributed by atoms with Crippen molar-refractivity contribution in [3.8, 4) is 11.1 Å². The number of hydrogen-bond donors (Lipinski definition) is 0. The molecule has 0 radical (unpaired) electrons. The maximum absolute atomic E-state index is 2.46. The fourth-order valence-electron chi connectivity index (χ4n) is 8.81. The average molecular weight is 734 g/mol. The van der Waals surface area contributed by atoms with E-state index >= 15 is 0 Å². The Balaban J connectivity index is 1.03. The molecule has 0 spiro atoms. The summed E-state index contributed by atoms with van der Waals surface area (Å²) in [5, 5.41) is 15.5. The first-order valence-electron chi connectivity index (χ1n) is 18.7. The highest BCUT2D eigenvalue weighted by molar-refractivity contribution is 7.27. The maximum Gasteiger partial charge on any atom is 0.0640 e. The van der Waals surface area contributed by atoms with Gasteiger partial charge in [0, 0.05) is 47.0 Å². The van der Waals surface area contributed by atoms with E-state index < -0.39 is 0 Å². The molecular weight excluding hydrogens is 703 g/mol. The van der Waals surface area contributed by atoms with E-state index in [1.165, 1.54) is 100 Å². The molecule has 1 nitrogen and oxygen atoms in total. The van der Waals surface area contributed by atoms with Gasteiger partial charge in [0.05, 0.1) is 10.4 Å². The average Bonchev–Trinajstić information content (AvgIpc) is 3.83. The van der Waals surface area contributed by atoms with Crippen molar-refractivity contribution < 1.29 is 0 Å².